The Morgan fingerprint density at radius 2 is 2.10 bits per heavy atom. The van der Waals surface area contributed by atoms with Gasteiger partial charge in [-0.2, -0.15) is 0 Å². The van der Waals surface area contributed by atoms with E-state index in [1.54, 1.807) is 13.2 Å². The lowest BCUT2D eigenvalue weighted by atomic mass is 10.1. The van der Waals surface area contributed by atoms with Gasteiger partial charge in [0.25, 0.3) is 0 Å². The molecule has 1 heterocycles. The first-order valence-electron chi connectivity index (χ1n) is 6.25. The first-order chi connectivity index (χ1) is 9.61. The van der Waals surface area contributed by atoms with Crippen LogP contribution in [0.5, 0.6) is 0 Å². The lowest BCUT2D eigenvalue weighted by molar-refractivity contribution is 0.0702. The highest BCUT2D eigenvalue weighted by molar-refractivity contribution is 7.14. The molecule has 0 unspecified atom stereocenters. The van der Waals surface area contributed by atoms with Crippen LogP contribution in [0.1, 0.15) is 25.7 Å². The molecule has 0 bridgehead atoms. The number of hydrogen-bond donors (Lipinski definition) is 2. The number of carbonyl (C=O) groups is 1. The predicted molar refractivity (Wildman–Crippen MR) is 80.5 cm³/mol. The maximum absolute atomic E-state index is 11.0. The van der Waals surface area contributed by atoms with Crippen molar-refractivity contribution in [1.29, 1.82) is 0 Å². The molecule has 0 atom stereocenters. The predicted octanol–water partition coefficient (Wildman–Crippen LogP) is 3.51. The Labute approximate surface area is 122 Å². The highest BCUT2D eigenvalue weighted by Gasteiger charge is 2.11. The number of benzene rings is 1. The molecule has 2 rings (SSSR count). The van der Waals surface area contributed by atoms with E-state index in [9.17, 15) is 4.79 Å². The van der Waals surface area contributed by atoms with Gasteiger partial charge >= 0.3 is 5.97 Å². The van der Waals surface area contributed by atoms with Crippen LogP contribution in [0.3, 0.4) is 0 Å². The summed E-state index contributed by atoms with van der Waals surface area (Å²) in [4.78, 5) is 12.4. The third-order valence-corrected chi connectivity index (χ3v) is 4.10. The summed E-state index contributed by atoms with van der Waals surface area (Å²) in [6, 6.07) is 9.67. The van der Waals surface area contributed by atoms with Crippen LogP contribution in [-0.4, -0.2) is 18.2 Å². The molecule has 0 saturated heterocycles. The number of carboxylic acid groups (broad SMARTS) is 1. The summed E-state index contributed by atoms with van der Waals surface area (Å²) in [5.74, 6) is -0.871. The van der Waals surface area contributed by atoms with Crippen molar-refractivity contribution in [3.8, 4) is 0 Å². The monoisotopic (exact) mass is 291 g/mol. The van der Waals surface area contributed by atoms with Crippen LogP contribution in [0.4, 0.5) is 5.69 Å². The number of rotatable bonds is 6. The fourth-order valence-electron chi connectivity index (χ4n) is 1.97. The second-order valence-corrected chi connectivity index (χ2v) is 5.70. The first kappa shape index (κ1) is 14.6. The number of nitrogens with one attached hydrogen (secondary N) is 1. The lowest BCUT2D eigenvalue weighted by Gasteiger charge is -2.11. The Hall–Kier alpha value is -1.85. The Bertz CT molecular complexity index is 607. The summed E-state index contributed by atoms with van der Waals surface area (Å²) < 4.78 is 5.16. The number of para-hydroxylation sites is 1. The van der Waals surface area contributed by atoms with Crippen molar-refractivity contribution in [3.05, 3.63) is 51.2 Å². The molecule has 0 saturated carbocycles. The third-order valence-electron chi connectivity index (χ3n) is 3.02. The molecule has 0 radical (unpaired) electrons. The average molecular weight is 291 g/mol. The zero-order valence-electron chi connectivity index (χ0n) is 11.5. The lowest BCUT2D eigenvalue weighted by Crippen LogP contribution is -2.03. The molecule has 0 aliphatic carbocycles. The second kappa shape index (κ2) is 6.54. The first-order valence-corrected chi connectivity index (χ1v) is 7.06. The number of ether oxygens (including phenoxy) is 1. The molecule has 0 spiro atoms. The molecule has 5 heteroatoms. The molecule has 0 amide bonds. The quantitative estimate of drug-likeness (QED) is 0.855. The van der Waals surface area contributed by atoms with Crippen LogP contribution in [0.15, 0.2) is 30.3 Å². The molecular formula is C15H17NO3S. The van der Waals surface area contributed by atoms with E-state index in [2.05, 4.69) is 5.32 Å². The van der Waals surface area contributed by atoms with E-state index in [1.807, 2.05) is 31.2 Å². The number of anilines is 1. The molecule has 2 aromatic rings. The van der Waals surface area contributed by atoms with Crippen LogP contribution < -0.4 is 5.32 Å². The van der Waals surface area contributed by atoms with Crippen LogP contribution in [-0.2, 0) is 17.9 Å². The zero-order chi connectivity index (χ0) is 14.5. The van der Waals surface area contributed by atoms with Crippen molar-refractivity contribution in [2.24, 2.45) is 0 Å². The van der Waals surface area contributed by atoms with E-state index >= 15 is 0 Å². The molecule has 4 nitrogen and oxygen atoms in total. The Kier molecular flexibility index (Phi) is 4.76. The number of aryl methyl sites for hydroxylation is 1. The largest absolute Gasteiger partial charge is 0.477 e. The van der Waals surface area contributed by atoms with Gasteiger partial charge < -0.3 is 15.2 Å². The number of methoxy groups -OCH3 is 1. The van der Waals surface area contributed by atoms with Gasteiger partial charge in [-0.15, -0.1) is 11.3 Å². The van der Waals surface area contributed by atoms with Crippen LogP contribution in [0.2, 0.25) is 0 Å². The Balaban J connectivity index is 2.11. The highest BCUT2D eigenvalue weighted by atomic mass is 32.1. The minimum atomic E-state index is -0.871. The number of thiophene rings is 1. The number of carboxylic acids is 1. The van der Waals surface area contributed by atoms with Crippen LogP contribution in [0, 0.1) is 6.92 Å². The third kappa shape index (κ3) is 3.37. The number of aromatic carboxylic acids is 1. The van der Waals surface area contributed by atoms with Crippen molar-refractivity contribution in [1.82, 2.24) is 0 Å². The van der Waals surface area contributed by atoms with E-state index in [1.165, 1.54) is 11.3 Å². The van der Waals surface area contributed by atoms with Gasteiger partial charge in [-0.05, 0) is 24.6 Å². The van der Waals surface area contributed by atoms with E-state index < -0.39 is 5.97 Å². The van der Waals surface area contributed by atoms with Gasteiger partial charge in [0.1, 0.15) is 4.88 Å². The van der Waals surface area contributed by atoms with Crippen molar-refractivity contribution in [2.45, 2.75) is 20.1 Å². The van der Waals surface area contributed by atoms with E-state index in [0.717, 1.165) is 21.7 Å². The molecule has 0 aliphatic heterocycles. The highest BCUT2D eigenvalue weighted by Crippen LogP contribution is 2.23. The maximum Gasteiger partial charge on any atom is 0.345 e. The fraction of sp³-hybridized carbons (Fsp3) is 0.267. The van der Waals surface area contributed by atoms with E-state index in [0.29, 0.717) is 18.0 Å². The summed E-state index contributed by atoms with van der Waals surface area (Å²) in [6.07, 6.45) is 0. The van der Waals surface area contributed by atoms with Gasteiger partial charge in [-0.1, -0.05) is 18.2 Å². The molecule has 0 fully saturated rings. The summed E-state index contributed by atoms with van der Waals surface area (Å²) >= 11 is 1.31. The molecule has 20 heavy (non-hydrogen) atoms. The summed E-state index contributed by atoms with van der Waals surface area (Å²) in [6.45, 7) is 3.09. The SMILES string of the molecule is COCc1ccccc1NCc1cc(C(=O)O)sc1C. The second-order valence-electron chi connectivity index (χ2n) is 4.44. The topological polar surface area (TPSA) is 58.6 Å². The van der Waals surface area contributed by atoms with Gasteiger partial charge in [0, 0.05) is 29.8 Å². The molecule has 1 aromatic carbocycles. The van der Waals surface area contributed by atoms with Crippen molar-refractivity contribution in [2.75, 3.05) is 12.4 Å². The Morgan fingerprint density at radius 3 is 2.75 bits per heavy atom. The van der Waals surface area contributed by atoms with Crippen molar-refractivity contribution >= 4 is 23.0 Å². The standard InChI is InChI=1S/C15H17NO3S/c1-10-12(7-14(20-10)15(17)18)8-16-13-6-4-3-5-11(13)9-19-2/h3-7,16H,8-9H2,1-2H3,(H,17,18). The molecule has 1 aromatic heterocycles. The normalized spacial score (nSPS) is 10.5. The van der Waals surface area contributed by atoms with Crippen LogP contribution >= 0.6 is 11.3 Å². The van der Waals surface area contributed by atoms with Gasteiger partial charge in [0.2, 0.25) is 0 Å². The smallest absolute Gasteiger partial charge is 0.345 e. The zero-order valence-corrected chi connectivity index (χ0v) is 12.3. The van der Waals surface area contributed by atoms with E-state index in [4.69, 9.17) is 9.84 Å². The molecule has 2 N–H and O–H groups in total. The summed E-state index contributed by atoms with van der Waals surface area (Å²) in [5.41, 5.74) is 3.11. The summed E-state index contributed by atoms with van der Waals surface area (Å²) in [7, 11) is 1.67. The van der Waals surface area contributed by atoms with Gasteiger partial charge in [0.05, 0.1) is 6.61 Å². The molecule has 106 valence electrons. The average Bonchev–Trinajstić information content (AvgIpc) is 2.80. The molecule has 0 aliphatic rings. The maximum atomic E-state index is 11.0. The summed E-state index contributed by atoms with van der Waals surface area (Å²) in [5, 5.41) is 12.3. The fourth-order valence-corrected chi connectivity index (χ4v) is 2.85. The number of hydrogen-bond acceptors (Lipinski definition) is 4. The molecular weight excluding hydrogens is 274 g/mol. The minimum Gasteiger partial charge on any atom is -0.477 e. The Morgan fingerprint density at radius 1 is 1.35 bits per heavy atom. The van der Waals surface area contributed by atoms with Gasteiger partial charge in [0.15, 0.2) is 0 Å². The van der Waals surface area contributed by atoms with Gasteiger partial charge in [-0.25, -0.2) is 4.79 Å². The van der Waals surface area contributed by atoms with Crippen molar-refractivity contribution in [3.63, 3.8) is 0 Å². The van der Waals surface area contributed by atoms with Crippen molar-refractivity contribution < 1.29 is 14.6 Å². The van der Waals surface area contributed by atoms with Gasteiger partial charge in [-0.3, -0.25) is 0 Å². The van der Waals surface area contributed by atoms with Crippen LogP contribution in [0.25, 0.3) is 0 Å². The van der Waals surface area contributed by atoms with E-state index in [-0.39, 0.29) is 0 Å². The minimum absolute atomic E-state index is 0.379.